The first-order valence-corrected chi connectivity index (χ1v) is 8.75. The normalized spacial score (nSPS) is 15.5. The van der Waals surface area contributed by atoms with E-state index in [1.54, 1.807) is 0 Å². The molecule has 0 unspecified atom stereocenters. The third kappa shape index (κ3) is 5.55. The highest BCUT2D eigenvalue weighted by Gasteiger charge is 2.30. The number of alkyl halides is 3. The second-order valence-electron chi connectivity index (χ2n) is 6.47. The van der Waals surface area contributed by atoms with Gasteiger partial charge in [-0.3, -0.25) is 9.69 Å². The number of morpholine rings is 1. The molecule has 4 nitrogen and oxygen atoms in total. The Balaban J connectivity index is 1.54. The van der Waals surface area contributed by atoms with Crippen molar-refractivity contribution in [3.8, 4) is 0 Å². The van der Waals surface area contributed by atoms with Crippen LogP contribution < -0.4 is 5.32 Å². The zero-order valence-corrected chi connectivity index (χ0v) is 14.8. The Kier molecular flexibility index (Phi) is 6.13. The minimum atomic E-state index is -4.47. The van der Waals surface area contributed by atoms with Crippen molar-refractivity contribution < 1.29 is 22.7 Å². The number of rotatable bonds is 5. The topological polar surface area (TPSA) is 41.6 Å². The number of hydrogen-bond donors (Lipinski definition) is 1. The van der Waals surface area contributed by atoms with Crippen LogP contribution in [-0.4, -0.2) is 37.1 Å². The fraction of sp³-hybridized carbons (Fsp3) is 0.350. The Morgan fingerprint density at radius 3 is 2.37 bits per heavy atom. The molecule has 2 aromatic rings. The number of nitrogens with one attached hydrogen (secondary N) is 1. The molecule has 7 heteroatoms. The smallest absolute Gasteiger partial charge is 0.379 e. The van der Waals surface area contributed by atoms with Crippen LogP contribution in [0.3, 0.4) is 0 Å². The molecular weight excluding hydrogens is 357 g/mol. The maximum absolute atomic E-state index is 12.7. The molecule has 0 atom stereocenters. The highest BCUT2D eigenvalue weighted by Crippen LogP contribution is 2.29. The van der Waals surface area contributed by atoms with Crippen LogP contribution in [0.4, 0.5) is 13.2 Å². The fourth-order valence-electron chi connectivity index (χ4n) is 2.90. The lowest BCUT2D eigenvalue weighted by atomic mass is 10.1. The van der Waals surface area contributed by atoms with Crippen molar-refractivity contribution in [3.63, 3.8) is 0 Å². The molecule has 1 fully saturated rings. The maximum atomic E-state index is 12.7. The van der Waals surface area contributed by atoms with Gasteiger partial charge >= 0.3 is 6.18 Å². The van der Waals surface area contributed by atoms with Gasteiger partial charge in [0.15, 0.2) is 0 Å². The molecule has 2 aromatic carbocycles. The summed E-state index contributed by atoms with van der Waals surface area (Å²) in [6, 6.07) is 12.3. The predicted molar refractivity (Wildman–Crippen MR) is 95.2 cm³/mol. The van der Waals surface area contributed by atoms with Crippen LogP contribution in [0, 0.1) is 0 Å². The second kappa shape index (κ2) is 8.54. The van der Waals surface area contributed by atoms with E-state index >= 15 is 0 Å². The van der Waals surface area contributed by atoms with Gasteiger partial charge in [-0.05, 0) is 29.3 Å². The van der Waals surface area contributed by atoms with E-state index in [1.807, 2.05) is 24.3 Å². The van der Waals surface area contributed by atoms with Gasteiger partial charge in [-0.2, -0.15) is 13.2 Å². The molecule has 1 aliphatic heterocycles. The Morgan fingerprint density at radius 1 is 1.04 bits per heavy atom. The number of carbonyl (C=O) groups is 1. The van der Waals surface area contributed by atoms with E-state index in [2.05, 4.69) is 10.2 Å². The Bertz CT molecular complexity index is 770. The lowest BCUT2D eigenvalue weighted by Gasteiger charge is -2.26. The summed E-state index contributed by atoms with van der Waals surface area (Å²) in [5.41, 5.74) is 1.22. The van der Waals surface area contributed by atoms with Crippen LogP contribution in [0.2, 0.25) is 0 Å². The molecule has 0 aliphatic carbocycles. The van der Waals surface area contributed by atoms with E-state index in [1.165, 1.54) is 17.7 Å². The van der Waals surface area contributed by atoms with Gasteiger partial charge in [0.2, 0.25) is 0 Å². The third-order valence-corrected chi connectivity index (χ3v) is 4.44. The first-order chi connectivity index (χ1) is 12.9. The van der Waals surface area contributed by atoms with Gasteiger partial charge < -0.3 is 10.1 Å². The lowest BCUT2D eigenvalue weighted by molar-refractivity contribution is -0.137. The zero-order valence-electron chi connectivity index (χ0n) is 14.8. The average molecular weight is 378 g/mol. The van der Waals surface area contributed by atoms with E-state index in [-0.39, 0.29) is 12.1 Å². The molecule has 0 bridgehead atoms. The Hall–Kier alpha value is -2.38. The Labute approximate surface area is 155 Å². The molecule has 1 aliphatic rings. The number of ether oxygens (including phenoxy) is 1. The molecule has 0 spiro atoms. The molecule has 3 rings (SSSR count). The van der Waals surface area contributed by atoms with E-state index in [0.717, 1.165) is 50.5 Å². The number of nitrogens with zero attached hydrogens (tertiary/aromatic N) is 1. The summed E-state index contributed by atoms with van der Waals surface area (Å²) in [6.07, 6.45) is -4.47. The summed E-state index contributed by atoms with van der Waals surface area (Å²) < 4.78 is 43.6. The third-order valence-electron chi connectivity index (χ3n) is 4.44. The molecule has 0 radical (unpaired) electrons. The van der Waals surface area contributed by atoms with Gasteiger partial charge in [0.05, 0.1) is 18.8 Å². The standard InChI is InChI=1S/C20H21F3N2O2/c21-20(22,23)18-3-1-2-17(12-18)19(26)24-13-15-4-6-16(7-5-15)14-25-8-10-27-11-9-25/h1-7,12H,8-11,13-14H2,(H,24,26). The highest BCUT2D eigenvalue weighted by molar-refractivity contribution is 5.94. The quantitative estimate of drug-likeness (QED) is 0.866. The molecule has 1 amide bonds. The Morgan fingerprint density at radius 2 is 1.70 bits per heavy atom. The summed E-state index contributed by atoms with van der Waals surface area (Å²) in [4.78, 5) is 14.4. The van der Waals surface area contributed by atoms with Crippen LogP contribution >= 0.6 is 0 Å². The van der Waals surface area contributed by atoms with Crippen molar-refractivity contribution >= 4 is 5.91 Å². The van der Waals surface area contributed by atoms with Gasteiger partial charge in [0.25, 0.3) is 5.91 Å². The number of hydrogen-bond acceptors (Lipinski definition) is 3. The van der Waals surface area contributed by atoms with Crippen LogP contribution in [0.1, 0.15) is 27.0 Å². The monoisotopic (exact) mass is 378 g/mol. The summed E-state index contributed by atoms with van der Waals surface area (Å²) in [7, 11) is 0. The van der Waals surface area contributed by atoms with E-state index in [0.29, 0.717) is 0 Å². The number of carbonyl (C=O) groups excluding carboxylic acids is 1. The van der Waals surface area contributed by atoms with Gasteiger partial charge in [0.1, 0.15) is 0 Å². The van der Waals surface area contributed by atoms with E-state index < -0.39 is 17.6 Å². The minimum Gasteiger partial charge on any atom is -0.379 e. The van der Waals surface area contributed by atoms with Crippen molar-refractivity contribution in [2.75, 3.05) is 26.3 Å². The lowest BCUT2D eigenvalue weighted by Crippen LogP contribution is -2.35. The van der Waals surface area contributed by atoms with Gasteiger partial charge in [0, 0.05) is 31.7 Å². The number of benzene rings is 2. The summed E-state index contributed by atoms with van der Waals surface area (Å²) >= 11 is 0. The van der Waals surface area contributed by atoms with Gasteiger partial charge in [-0.15, -0.1) is 0 Å². The van der Waals surface area contributed by atoms with Crippen molar-refractivity contribution in [2.24, 2.45) is 0 Å². The molecule has 1 saturated heterocycles. The van der Waals surface area contributed by atoms with Crippen molar-refractivity contribution in [1.82, 2.24) is 10.2 Å². The first kappa shape index (κ1) is 19.4. The summed E-state index contributed by atoms with van der Waals surface area (Å²) in [6.45, 7) is 4.43. The zero-order chi connectivity index (χ0) is 19.3. The molecule has 1 heterocycles. The van der Waals surface area contributed by atoms with Crippen LogP contribution in [0.5, 0.6) is 0 Å². The van der Waals surface area contributed by atoms with Crippen molar-refractivity contribution in [2.45, 2.75) is 19.3 Å². The highest BCUT2D eigenvalue weighted by atomic mass is 19.4. The molecular formula is C20H21F3N2O2. The van der Waals surface area contributed by atoms with Crippen molar-refractivity contribution in [1.29, 1.82) is 0 Å². The fourth-order valence-corrected chi connectivity index (χ4v) is 2.90. The molecule has 0 aromatic heterocycles. The van der Waals surface area contributed by atoms with Crippen LogP contribution in [0.25, 0.3) is 0 Å². The van der Waals surface area contributed by atoms with Crippen LogP contribution in [-0.2, 0) is 24.0 Å². The van der Waals surface area contributed by atoms with Gasteiger partial charge in [-0.1, -0.05) is 30.3 Å². The molecule has 1 N–H and O–H groups in total. The molecule has 144 valence electrons. The second-order valence-corrected chi connectivity index (χ2v) is 6.47. The maximum Gasteiger partial charge on any atom is 0.416 e. The van der Waals surface area contributed by atoms with E-state index in [4.69, 9.17) is 4.74 Å². The van der Waals surface area contributed by atoms with Crippen molar-refractivity contribution in [3.05, 3.63) is 70.8 Å². The average Bonchev–Trinajstić information content (AvgIpc) is 2.67. The predicted octanol–water partition coefficient (Wildman–Crippen LogP) is 3.47. The summed E-state index contributed by atoms with van der Waals surface area (Å²) in [5, 5.41) is 2.66. The van der Waals surface area contributed by atoms with Gasteiger partial charge in [-0.25, -0.2) is 0 Å². The van der Waals surface area contributed by atoms with Crippen LogP contribution in [0.15, 0.2) is 48.5 Å². The minimum absolute atomic E-state index is 0.00578. The SMILES string of the molecule is O=C(NCc1ccc(CN2CCOCC2)cc1)c1cccc(C(F)(F)F)c1. The molecule has 0 saturated carbocycles. The largest absolute Gasteiger partial charge is 0.416 e. The number of amides is 1. The number of halogens is 3. The van der Waals surface area contributed by atoms with E-state index in [9.17, 15) is 18.0 Å². The first-order valence-electron chi connectivity index (χ1n) is 8.75. The molecule has 27 heavy (non-hydrogen) atoms. The summed E-state index contributed by atoms with van der Waals surface area (Å²) in [5.74, 6) is -0.529.